The topological polar surface area (TPSA) is 188 Å². The number of nitro benzene ring substituents is 1. The van der Waals surface area contributed by atoms with E-state index in [0.717, 1.165) is 93.9 Å². The van der Waals surface area contributed by atoms with E-state index in [4.69, 9.17) is 25.8 Å². The maximum Gasteiger partial charge on any atom is 0.297 e. The van der Waals surface area contributed by atoms with Crippen molar-refractivity contribution in [2.45, 2.75) is 63.1 Å². The van der Waals surface area contributed by atoms with Crippen LogP contribution in [0, 0.1) is 15.5 Å². The van der Waals surface area contributed by atoms with Crippen molar-refractivity contribution in [3.05, 3.63) is 111 Å². The summed E-state index contributed by atoms with van der Waals surface area (Å²) < 4.78 is 48.0. The van der Waals surface area contributed by atoms with E-state index in [1.54, 1.807) is 30.5 Å². The Morgan fingerprint density at radius 3 is 2.52 bits per heavy atom. The fraction of sp³-hybridized carbons (Fsp3) is 0.440. The first-order valence-electron chi connectivity index (χ1n) is 23.7. The zero-order chi connectivity index (χ0) is 48.0. The third kappa shape index (κ3) is 10.3. The minimum absolute atomic E-state index is 0.0129. The van der Waals surface area contributed by atoms with Crippen LogP contribution in [0.3, 0.4) is 0 Å². The number of allylic oxidation sites excluding steroid dienone is 1. The zero-order valence-corrected chi connectivity index (χ0v) is 40.7. The number of fused-ring (bicyclic) bond motifs is 2. The van der Waals surface area contributed by atoms with E-state index in [0.29, 0.717) is 43.1 Å². The second-order valence-corrected chi connectivity index (χ2v) is 21.9. The van der Waals surface area contributed by atoms with Gasteiger partial charge >= 0.3 is 0 Å². The first kappa shape index (κ1) is 46.9. The number of carbonyl (C=O) groups is 1. The van der Waals surface area contributed by atoms with Gasteiger partial charge in [0.2, 0.25) is 0 Å². The second kappa shape index (κ2) is 19.2. The molecule has 3 aromatic carbocycles. The fourth-order valence-electron chi connectivity index (χ4n) is 10.4. The number of rotatable bonds is 13. The Bertz CT molecular complexity index is 2900. The normalized spacial score (nSPS) is 21.5. The van der Waals surface area contributed by atoms with Gasteiger partial charge in [-0.25, -0.2) is 18.1 Å². The number of aromatic nitrogens is 2. The number of hydrogen-bond acceptors (Lipinski definition) is 14. The van der Waals surface area contributed by atoms with Crippen molar-refractivity contribution in [2.24, 2.45) is 5.41 Å². The molecule has 6 heterocycles. The van der Waals surface area contributed by atoms with Crippen molar-refractivity contribution in [2.75, 3.05) is 88.9 Å². The lowest BCUT2D eigenvalue weighted by molar-refractivity contribution is -0.384. The SMILES string of the molecule is C[C@H]1CN(C[C@H]2COc3cc(S(=O)(=O)NC(=O)c4ccc(N5CCN(CC6=C(c7ccc(Cl)cc7)CC(C)(C)CC6)CC5)cc4Oc4cnc5[nH]ccc5c4)cc([N+](=O)[O-])c3N2)CCN1C1COC1. The lowest BCUT2D eigenvalue weighted by Crippen LogP contribution is -2.61. The number of anilines is 2. The minimum Gasteiger partial charge on any atom is -0.489 e. The largest absolute Gasteiger partial charge is 0.489 e. The summed E-state index contributed by atoms with van der Waals surface area (Å²) in [4.78, 5) is 42.5. The van der Waals surface area contributed by atoms with Crippen LogP contribution in [0.1, 0.15) is 56.0 Å². The Labute approximate surface area is 406 Å². The molecule has 0 radical (unpaired) electrons. The number of nitrogens with zero attached hydrogens (tertiary/aromatic N) is 6. The predicted molar refractivity (Wildman–Crippen MR) is 265 cm³/mol. The van der Waals surface area contributed by atoms with E-state index < -0.39 is 31.4 Å². The number of piperazine rings is 2. The minimum atomic E-state index is -4.67. The number of pyridine rings is 1. The summed E-state index contributed by atoms with van der Waals surface area (Å²) in [7, 11) is -4.67. The lowest BCUT2D eigenvalue weighted by atomic mass is 9.72. The van der Waals surface area contributed by atoms with Crippen LogP contribution in [0.2, 0.25) is 5.02 Å². The molecule has 10 rings (SSSR count). The van der Waals surface area contributed by atoms with Gasteiger partial charge in [-0.2, -0.15) is 0 Å². The molecule has 364 valence electrons. The standard InChI is InChI=1S/C50H58ClN9O8S/c1-32-26-57(16-19-59(32)39-30-66-31-39)28-37-29-67-46-23-41(22-44(60(62)63)47(46)54-37)69(64,65)55-49(61)42-9-8-38(21-45(42)68-40-20-34-11-13-52-48(34)53-25-40)58-17-14-56(15-18-58)27-35-10-12-50(2,3)24-43(35)33-4-6-36(51)7-5-33/h4-9,11,13,20-23,25,32,37,39,54H,10,12,14-19,24,26-31H2,1-3H3,(H,52,53)(H,55,61)/t32-,37-/m0/s1. The average Bonchev–Trinajstić information content (AvgIpc) is 3.78. The summed E-state index contributed by atoms with van der Waals surface area (Å²) in [5.41, 5.74) is 5.34. The Hall–Kier alpha value is -5.76. The molecule has 17 nitrogen and oxygen atoms in total. The van der Waals surface area contributed by atoms with Crippen LogP contribution in [0.5, 0.6) is 17.2 Å². The second-order valence-electron chi connectivity index (χ2n) is 19.8. The molecular weight excluding hydrogens is 922 g/mol. The molecule has 3 saturated heterocycles. The van der Waals surface area contributed by atoms with Crippen molar-refractivity contribution < 1.29 is 32.3 Å². The van der Waals surface area contributed by atoms with Crippen LogP contribution in [0.25, 0.3) is 16.6 Å². The summed E-state index contributed by atoms with van der Waals surface area (Å²) in [6.45, 7) is 15.6. The number of aromatic amines is 1. The van der Waals surface area contributed by atoms with Crippen LogP contribution in [0.15, 0.2) is 89.6 Å². The van der Waals surface area contributed by atoms with E-state index in [2.05, 4.69) is 72.5 Å². The number of carbonyl (C=O) groups excluding carboxylic acids is 1. The van der Waals surface area contributed by atoms with Crippen LogP contribution in [-0.2, 0) is 14.8 Å². The van der Waals surface area contributed by atoms with E-state index in [9.17, 15) is 23.3 Å². The molecule has 3 fully saturated rings. The van der Waals surface area contributed by atoms with Crippen LogP contribution in [0.4, 0.5) is 17.1 Å². The Balaban J connectivity index is 0.850. The highest BCUT2D eigenvalue weighted by molar-refractivity contribution is 7.90. The summed E-state index contributed by atoms with van der Waals surface area (Å²) >= 11 is 6.26. The third-order valence-electron chi connectivity index (χ3n) is 14.3. The maximum atomic E-state index is 14.1. The monoisotopic (exact) mass is 979 g/mol. The van der Waals surface area contributed by atoms with Gasteiger partial charge in [-0.05, 0) is 79.1 Å². The van der Waals surface area contributed by atoms with Gasteiger partial charge in [0, 0.05) is 105 Å². The number of amides is 1. The number of benzene rings is 3. The van der Waals surface area contributed by atoms with E-state index in [1.165, 1.54) is 29.0 Å². The van der Waals surface area contributed by atoms with Crippen LogP contribution < -0.4 is 24.4 Å². The number of halogens is 1. The van der Waals surface area contributed by atoms with Crippen molar-refractivity contribution >= 4 is 61.2 Å². The number of nitrogens with one attached hydrogen (secondary N) is 3. The maximum absolute atomic E-state index is 14.1. The first-order valence-corrected chi connectivity index (χ1v) is 25.5. The number of nitro groups is 1. The van der Waals surface area contributed by atoms with Gasteiger partial charge in [0.15, 0.2) is 11.4 Å². The molecule has 2 atom stereocenters. The molecule has 0 bridgehead atoms. The van der Waals surface area contributed by atoms with Gasteiger partial charge in [0.1, 0.15) is 23.8 Å². The molecule has 1 aliphatic carbocycles. The average molecular weight is 981 g/mol. The highest BCUT2D eigenvalue weighted by Gasteiger charge is 2.37. The molecule has 2 aromatic heterocycles. The van der Waals surface area contributed by atoms with Crippen molar-refractivity contribution in [3.63, 3.8) is 0 Å². The van der Waals surface area contributed by atoms with Gasteiger partial charge in [0.25, 0.3) is 21.6 Å². The summed E-state index contributed by atoms with van der Waals surface area (Å²) in [5, 5.41) is 17.3. The van der Waals surface area contributed by atoms with E-state index in [-0.39, 0.29) is 40.8 Å². The van der Waals surface area contributed by atoms with Crippen LogP contribution >= 0.6 is 11.6 Å². The first-order chi connectivity index (χ1) is 33.1. The molecule has 5 aliphatic rings. The van der Waals surface area contributed by atoms with Gasteiger partial charge in [-0.3, -0.25) is 29.6 Å². The molecule has 1 amide bonds. The van der Waals surface area contributed by atoms with Crippen molar-refractivity contribution in [1.82, 2.24) is 29.4 Å². The third-order valence-corrected chi connectivity index (χ3v) is 15.8. The Morgan fingerprint density at radius 1 is 1.00 bits per heavy atom. The van der Waals surface area contributed by atoms with Gasteiger partial charge in [0.05, 0.1) is 46.9 Å². The quantitative estimate of drug-likeness (QED) is 0.0782. The van der Waals surface area contributed by atoms with Crippen LogP contribution in [-0.4, -0.2) is 141 Å². The fourth-order valence-corrected chi connectivity index (χ4v) is 11.5. The molecule has 0 unspecified atom stereocenters. The van der Waals surface area contributed by atoms with Crippen molar-refractivity contribution in [3.8, 4) is 17.2 Å². The Morgan fingerprint density at radius 2 is 1.78 bits per heavy atom. The molecule has 4 aliphatic heterocycles. The highest BCUT2D eigenvalue weighted by atomic mass is 35.5. The highest BCUT2D eigenvalue weighted by Crippen LogP contribution is 2.44. The van der Waals surface area contributed by atoms with E-state index >= 15 is 0 Å². The summed E-state index contributed by atoms with van der Waals surface area (Å²) in [6, 6.07) is 19.5. The molecule has 69 heavy (non-hydrogen) atoms. The molecular formula is C50H58ClN9O8S. The predicted octanol–water partition coefficient (Wildman–Crippen LogP) is 7.40. The molecule has 0 saturated carbocycles. The smallest absolute Gasteiger partial charge is 0.297 e. The number of sulfonamides is 1. The zero-order valence-electron chi connectivity index (χ0n) is 39.1. The molecule has 5 aromatic rings. The molecule has 0 spiro atoms. The lowest BCUT2D eigenvalue weighted by Gasteiger charge is -2.47. The van der Waals surface area contributed by atoms with E-state index in [1.807, 2.05) is 18.2 Å². The summed E-state index contributed by atoms with van der Waals surface area (Å²) in [5.74, 6) is -0.505. The van der Waals surface area contributed by atoms with Gasteiger partial charge < -0.3 is 29.4 Å². The van der Waals surface area contributed by atoms with Crippen molar-refractivity contribution in [1.29, 1.82) is 0 Å². The van der Waals surface area contributed by atoms with Gasteiger partial charge in [-0.1, -0.05) is 43.2 Å². The molecule has 3 N–H and O–H groups in total. The number of H-pyrrole nitrogens is 1. The number of hydrogen-bond donors (Lipinski definition) is 3. The Kier molecular flexibility index (Phi) is 13.1. The van der Waals surface area contributed by atoms with Gasteiger partial charge in [-0.15, -0.1) is 0 Å². The summed E-state index contributed by atoms with van der Waals surface area (Å²) in [6.07, 6.45) is 6.47. The molecule has 19 heteroatoms. The number of ether oxygens (including phenoxy) is 3.